The molecule has 0 aliphatic rings. The zero-order valence-corrected chi connectivity index (χ0v) is 21.1. The molecule has 186 valence electrons. The van der Waals surface area contributed by atoms with Crippen molar-refractivity contribution in [3.8, 4) is 0 Å². The van der Waals surface area contributed by atoms with Crippen LogP contribution in [0, 0.1) is 0 Å². The second-order valence-electron chi connectivity index (χ2n) is 8.65. The van der Waals surface area contributed by atoms with E-state index in [1.165, 1.54) is 38.5 Å². The van der Waals surface area contributed by atoms with Crippen molar-refractivity contribution >= 4 is 11.8 Å². The number of aliphatic hydroxyl groups excluding tert-OH is 1. The number of unbranched alkanes of at least 4 members (excludes halogenated alkanes) is 8. The average molecular weight is 452 g/mol. The van der Waals surface area contributed by atoms with Crippen LogP contribution in [-0.4, -0.2) is 60.1 Å². The first-order valence-electron chi connectivity index (χ1n) is 12.7. The predicted octanol–water partition coefficient (Wildman–Crippen LogP) is 4.34. The lowest BCUT2D eigenvalue weighted by molar-refractivity contribution is -0.117. The molecule has 0 aromatic heterocycles. The van der Waals surface area contributed by atoms with Gasteiger partial charge >= 0.3 is 0 Å². The molecule has 2 atom stereocenters. The van der Waals surface area contributed by atoms with Gasteiger partial charge in [0.1, 0.15) is 0 Å². The van der Waals surface area contributed by atoms with E-state index in [0.717, 1.165) is 25.7 Å². The summed E-state index contributed by atoms with van der Waals surface area (Å²) in [7, 11) is 0. The number of amides is 2. The van der Waals surface area contributed by atoms with Gasteiger partial charge in [-0.3, -0.25) is 14.5 Å². The molecule has 6 heteroatoms. The second kappa shape index (κ2) is 21.2. The molecule has 0 heterocycles. The van der Waals surface area contributed by atoms with Crippen LogP contribution in [-0.2, 0) is 9.59 Å². The number of nitrogens with one attached hydrogen (secondary N) is 2. The van der Waals surface area contributed by atoms with E-state index in [-0.39, 0.29) is 30.5 Å². The van der Waals surface area contributed by atoms with E-state index in [1.54, 1.807) is 12.2 Å². The Bertz CT molecular complexity index is 490. The van der Waals surface area contributed by atoms with Crippen molar-refractivity contribution in [1.82, 2.24) is 15.5 Å². The van der Waals surface area contributed by atoms with Gasteiger partial charge in [-0.1, -0.05) is 64.5 Å². The highest BCUT2D eigenvalue weighted by Gasteiger charge is 2.20. The summed E-state index contributed by atoms with van der Waals surface area (Å²) in [6.07, 6.45) is 18.6. The van der Waals surface area contributed by atoms with Gasteiger partial charge < -0.3 is 15.7 Å². The quantitative estimate of drug-likeness (QED) is 0.190. The zero-order valence-electron chi connectivity index (χ0n) is 21.1. The Kier molecular flexibility index (Phi) is 20.1. The van der Waals surface area contributed by atoms with E-state index in [0.29, 0.717) is 19.6 Å². The summed E-state index contributed by atoms with van der Waals surface area (Å²) < 4.78 is 0. The van der Waals surface area contributed by atoms with Gasteiger partial charge in [-0.15, -0.1) is 0 Å². The van der Waals surface area contributed by atoms with Crippen LogP contribution in [0.2, 0.25) is 0 Å². The van der Waals surface area contributed by atoms with Gasteiger partial charge in [0, 0.05) is 31.7 Å². The number of carbonyl (C=O) groups excluding carboxylic acids is 2. The predicted molar refractivity (Wildman–Crippen MR) is 135 cm³/mol. The number of hydrogen-bond acceptors (Lipinski definition) is 4. The van der Waals surface area contributed by atoms with Crippen molar-refractivity contribution in [2.45, 2.75) is 104 Å². The molecule has 6 nitrogen and oxygen atoms in total. The Hall–Kier alpha value is -1.66. The maximum atomic E-state index is 12.1. The number of aliphatic hydroxyl groups is 1. The number of rotatable bonds is 20. The molecule has 0 saturated heterocycles. The van der Waals surface area contributed by atoms with Crippen molar-refractivity contribution in [2.75, 3.05) is 26.2 Å². The van der Waals surface area contributed by atoms with Crippen molar-refractivity contribution in [3.63, 3.8) is 0 Å². The first-order chi connectivity index (χ1) is 15.5. The van der Waals surface area contributed by atoms with Crippen LogP contribution >= 0.6 is 0 Å². The van der Waals surface area contributed by atoms with E-state index in [9.17, 15) is 14.7 Å². The van der Waals surface area contributed by atoms with Gasteiger partial charge in [0.2, 0.25) is 11.8 Å². The first kappa shape index (κ1) is 30.3. The highest BCUT2D eigenvalue weighted by Crippen LogP contribution is 2.06. The van der Waals surface area contributed by atoms with Crippen LogP contribution in [0.4, 0.5) is 0 Å². The lowest BCUT2D eigenvalue weighted by atomic mass is 10.1. The third-order valence-electron chi connectivity index (χ3n) is 5.62. The molecule has 0 aliphatic heterocycles. The summed E-state index contributed by atoms with van der Waals surface area (Å²) in [4.78, 5) is 26.2. The molecule has 3 N–H and O–H groups in total. The van der Waals surface area contributed by atoms with Crippen LogP contribution < -0.4 is 10.6 Å². The molecule has 0 radical (unpaired) electrons. The smallest absolute Gasteiger partial charge is 0.243 e. The van der Waals surface area contributed by atoms with Crippen molar-refractivity contribution in [2.24, 2.45) is 0 Å². The van der Waals surface area contributed by atoms with Gasteiger partial charge in [0.15, 0.2) is 0 Å². The Labute approximate surface area is 196 Å². The van der Waals surface area contributed by atoms with Gasteiger partial charge in [0.25, 0.3) is 0 Å². The van der Waals surface area contributed by atoms with Crippen LogP contribution in [0.15, 0.2) is 24.3 Å². The van der Waals surface area contributed by atoms with E-state index < -0.39 is 0 Å². The van der Waals surface area contributed by atoms with Crippen LogP contribution in [0.5, 0.6) is 0 Å². The molecular weight excluding hydrogens is 402 g/mol. The minimum absolute atomic E-state index is 0.0336. The molecule has 0 aromatic carbocycles. The molecule has 0 aromatic rings. The Morgan fingerprint density at radius 1 is 0.781 bits per heavy atom. The molecule has 0 bridgehead atoms. The third kappa shape index (κ3) is 17.0. The number of carbonyl (C=O) groups is 2. The summed E-state index contributed by atoms with van der Waals surface area (Å²) in [5, 5.41) is 15.3. The lowest BCUT2D eigenvalue weighted by Gasteiger charge is -2.34. The van der Waals surface area contributed by atoms with E-state index in [2.05, 4.69) is 29.4 Å². The normalized spacial score (nSPS) is 13.7. The monoisotopic (exact) mass is 451 g/mol. The molecule has 2 amide bonds. The number of hydrogen-bond donors (Lipinski definition) is 3. The number of allylic oxidation sites excluding steroid dienone is 2. The molecule has 0 saturated carbocycles. The zero-order chi connectivity index (χ0) is 24.0. The van der Waals surface area contributed by atoms with Gasteiger partial charge in [0.05, 0.1) is 6.61 Å². The van der Waals surface area contributed by atoms with E-state index in [4.69, 9.17) is 0 Å². The average Bonchev–Trinajstić information content (AvgIpc) is 2.78. The maximum absolute atomic E-state index is 12.1. The summed E-state index contributed by atoms with van der Waals surface area (Å²) >= 11 is 0. The Morgan fingerprint density at radius 2 is 1.22 bits per heavy atom. The maximum Gasteiger partial charge on any atom is 0.243 e. The minimum atomic E-state index is -0.0821. The van der Waals surface area contributed by atoms with Crippen molar-refractivity contribution in [3.05, 3.63) is 24.3 Å². The summed E-state index contributed by atoms with van der Waals surface area (Å²) in [5.74, 6) is -0.164. The Morgan fingerprint density at radius 3 is 1.59 bits per heavy atom. The number of nitrogens with zero attached hydrogens (tertiary/aromatic N) is 1. The summed E-state index contributed by atoms with van der Waals surface area (Å²) in [5.41, 5.74) is 0. The fourth-order valence-corrected chi connectivity index (χ4v) is 3.60. The largest absolute Gasteiger partial charge is 0.395 e. The van der Waals surface area contributed by atoms with Gasteiger partial charge in [-0.25, -0.2) is 0 Å². The van der Waals surface area contributed by atoms with Crippen molar-refractivity contribution in [1.29, 1.82) is 0 Å². The van der Waals surface area contributed by atoms with Crippen LogP contribution in [0.3, 0.4) is 0 Å². The highest BCUT2D eigenvalue weighted by atomic mass is 16.3. The molecule has 0 aliphatic carbocycles. The molecule has 0 fully saturated rings. The fraction of sp³-hybridized carbons (Fsp3) is 0.769. The topological polar surface area (TPSA) is 81.7 Å². The SMILES string of the molecule is CCCCCC/C=C/C(=O)NCC(C)N(CCO)C(C)CNC(=O)/C=C/CCCCCC. The summed E-state index contributed by atoms with van der Waals surface area (Å²) in [6, 6.07) is 0.0927. The standard InChI is InChI=1S/C26H49N3O3/c1-5-7-9-11-13-15-17-25(31)27-21-23(3)29(19-20-30)24(4)22-28-26(32)18-16-14-12-10-8-6-2/h15-18,23-24,30H,5-14,19-22H2,1-4H3,(H,27,31)(H,28,32)/b17-15+,18-16+. The molecule has 32 heavy (non-hydrogen) atoms. The highest BCUT2D eigenvalue weighted by molar-refractivity contribution is 5.87. The van der Waals surface area contributed by atoms with Gasteiger partial charge in [-0.2, -0.15) is 0 Å². The third-order valence-corrected chi connectivity index (χ3v) is 5.62. The second-order valence-corrected chi connectivity index (χ2v) is 8.65. The van der Waals surface area contributed by atoms with Gasteiger partial charge in [-0.05, 0) is 51.7 Å². The Balaban J connectivity index is 4.31. The van der Waals surface area contributed by atoms with Crippen LogP contribution in [0.25, 0.3) is 0 Å². The summed E-state index contributed by atoms with van der Waals surface area (Å²) in [6.45, 7) is 9.95. The van der Waals surface area contributed by atoms with E-state index >= 15 is 0 Å². The molecule has 2 unspecified atom stereocenters. The molecule has 0 rings (SSSR count). The van der Waals surface area contributed by atoms with E-state index in [1.807, 2.05) is 26.0 Å². The molecular formula is C26H49N3O3. The lowest BCUT2D eigenvalue weighted by Crippen LogP contribution is -2.50. The van der Waals surface area contributed by atoms with Crippen LogP contribution in [0.1, 0.15) is 91.9 Å². The molecule has 0 spiro atoms. The fourth-order valence-electron chi connectivity index (χ4n) is 3.60. The van der Waals surface area contributed by atoms with Crippen molar-refractivity contribution < 1.29 is 14.7 Å². The minimum Gasteiger partial charge on any atom is -0.395 e. The first-order valence-corrected chi connectivity index (χ1v) is 12.7.